The summed E-state index contributed by atoms with van der Waals surface area (Å²) in [5.74, 6) is 2.07. The molecule has 4 aromatic rings. The molecule has 0 unspecified atom stereocenters. The lowest BCUT2D eigenvalue weighted by Crippen LogP contribution is -2.36. The molecule has 2 aromatic carbocycles. The summed E-state index contributed by atoms with van der Waals surface area (Å²) in [5, 5.41) is 5.04. The van der Waals surface area contributed by atoms with Gasteiger partial charge in [-0.1, -0.05) is 60.7 Å². The van der Waals surface area contributed by atoms with Gasteiger partial charge in [0.15, 0.2) is 5.65 Å². The van der Waals surface area contributed by atoms with Gasteiger partial charge in [0.1, 0.15) is 5.82 Å². The van der Waals surface area contributed by atoms with E-state index in [2.05, 4.69) is 77.0 Å². The van der Waals surface area contributed by atoms with Crippen molar-refractivity contribution in [3.8, 4) is 11.1 Å². The molecule has 0 atom stereocenters. The maximum Gasteiger partial charge on any atom is 0.165 e. The Morgan fingerprint density at radius 2 is 1.62 bits per heavy atom. The lowest BCUT2D eigenvalue weighted by atomic mass is 9.90. The average molecular weight is 423 g/mol. The summed E-state index contributed by atoms with van der Waals surface area (Å²) in [6.07, 6.45) is 7.07. The summed E-state index contributed by atoms with van der Waals surface area (Å²) in [6, 6.07) is 21.6. The molecule has 162 valence electrons. The van der Waals surface area contributed by atoms with Gasteiger partial charge in [0, 0.05) is 29.9 Å². The third kappa shape index (κ3) is 3.38. The number of aromatic nitrogens is 3. The first-order chi connectivity index (χ1) is 15.8. The van der Waals surface area contributed by atoms with Gasteiger partial charge in [0.25, 0.3) is 0 Å². The molecule has 1 aliphatic heterocycles. The second-order valence-electron chi connectivity index (χ2n) is 9.40. The molecule has 4 nitrogen and oxygen atoms in total. The van der Waals surface area contributed by atoms with Crippen LogP contribution in [0.1, 0.15) is 41.8 Å². The standard InChI is InChI=1S/C28H30N4/c1-20-26(23-11-6-3-7-12-23)27-29-25-14-8-13-24(25)28(32(27)30-20)31-17-15-22(16-18-31)19-21-9-4-2-5-10-21/h2-7,9-12,22H,8,13-19H2,1H3. The number of nitrogens with zero attached hydrogens (tertiary/aromatic N) is 4. The van der Waals surface area contributed by atoms with E-state index in [0.717, 1.165) is 43.2 Å². The highest BCUT2D eigenvalue weighted by atomic mass is 15.4. The van der Waals surface area contributed by atoms with Crippen molar-refractivity contribution in [2.24, 2.45) is 5.92 Å². The first-order valence-electron chi connectivity index (χ1n) is 12.0. The Hall–Kier alpha value is -3.14. The quantitative estimate of drug-likeness (QED) is 0.426. The molecule has 0 bridgehead atoms. The van der Waals surface area contributed by atoms with Gasteiger partial charge in [-0.2, -0.15) is 9.61 Å². The van der Waals surface area contributed by atoms with Crippen LogP contribution in [0.4, 0.5) is 5.82 Å². The summed E-state index contributed by atoms with van der Waals surface area (Å²) in [4.78, 5) is 7.75. The summed E-state index contributed by atoms with van der Waals surface area (Å²) in [6.45, 7) is 4.32. The fraction of sp³-hybridized carbons (Fsp3) is 0.357. The first-order valence-corrected chi connectivity index (χ1v) is 12.0. The summed E-state index contributed by atoms with van der Waals surface area (Å²) >= 11 is 0. The Kier molecular flexibility index (Phi) is 4.94. The Bertz CT molecular complexity index is 1240. The van der Waals surface area contributed by atoms with Crippen LogP contribution in [0.3, 0.4) is 0 Å². The van der Waals surface area contributed by atoms with Crippen molar-refractivity contribution >= 4 is 11.5 Å². The number of benzene rings is 2. The molecule has 3 heterocycles. The molecule has 0 N–H and O–H groups in total. The largest absolute Gasteiger partial charge is 0.356 e. The zero-order valence-corrected chi connectivity index (χ0v) is 18.8. The van der Waals surface area contributed by atoms with Crippen molar-refractivity contribution in [2.75, 3.05) is 18.0 Å². The van der Waals surface area contributed by atoms with Gasteiger partial charge in [-0.25, -0.2) is 4.98 Å². The van der Waals surface area contributed by atoms with Crippen LogP contribution in [0, 0.1) is 12.8 Å². The van der Waals surface area contributed by atoms with E-state index in [9.17, 15) is 0 Å². The fourth-order valence-corrected chi connectivity index (χ4v) is 5.68. The van der Waals surface area contributed by atoms with E-state index in [1.165, 1.54) is 59.4 Å². The molecule has 1 aliphatic carbocycles. The molecular formula is C28H30N4. The Morgan fingerprint density at radius 1 is 0.906 bits per heavy atom. The highest BCUT2D eigenvalue weighted by Gasteiger charge is 2.29. The molecule has 32 heavy (non-hydrogen) atoms. The van der Waals surface area contributed by atoms with Crippen molar-refractivity contribution in [3.63, 3.8) is 0 Å². The SMILES string of the molecule is Cc1nn2c(N3CCC(Cc4ccccc4)CC3)c3c(nc2c1-c1ccccc1)CCC3. The van der Waals surface area contributed by atoms with E-state index in [1.807, 2.05) is 0 Å². The second-order valence-corrected chi connectivity index (χ2v) is 9.40. The minimum absolute atomic E-state index is 0.762. The van der Waals surface area contributed by atoms with Crippen LogP contribution in [0.2, 0.25) is 0 Å². The van der Waals surface area contributed by atoms with Crippen LogP contribution in [-0.4, -0.2) is 27.7 Å². The molecule has 6 rings (SSSR count). The van der Waals surface area contributed by atoms with E-state index < -0.39 is 0 Å². The maximum atomic E-state index is 5.15. The van der Waals surface area contributed by atoms with E-state index in [-0.39, 0.29) is 0 Å². The predicted molar refractivity (Wildman–Crippen MR) is 130 cm³/mol. The molecule has 1 fully saturated rings. The van der Waals surface area contributed by atoms with Crippen LogP contribution < -0.4 is 4.90 Å². The number of hydrogen-bond donors (Lipinski definition) is 0. The monoisotopic (exact) mass is 422 g/mol. The third-order valence-electron chi connectivity index (χ3n) is 7.28. The van der Waals surface area contributed by atoms with E-state index in [4.69, 9.17) is 10.1 Å². The zero-order valence-electron chi connectivity index (χ0n) is 18.8. The average Bonchev–Trinajstić information content (AvgIpc) is 3.42. The number of anilines is 1. The van der Waals surface area contributed by atoms with Crippen LogP contribution in [0.25, 0.3) is 16.8 Å². The molecule has 4 heteroatoms. The van der Waals surface area contributed by atoms with E-state index >= 15 is 0 Å². The van der Waals surface area contributed by atoms with Crippen LogP contribution >= 0.6 is 0 Å². The van der Waals surface area contributed by atoms with Gasteiger partial charge in [0.05, 0.1) is 5.69 Å². The molecule has 0 radical (unpaired) electrons. The Morgan fingerprint density at radius 3 is 2.38 bits per heavy atom. The minimum Gasteiger partial charge on any atom is -0.356 e. The summed E-state index contributed by atoms with van der Waals surface area (Å²) in [7, 11) is 0. The smallest absolute Gasteiger partial charge is 0.165 e. The normalized spacial score (nSPS) is 16.6. The lowest BCUT2D eigenvalue weighted by molar-refractivity contribution is 0.400. The fourth-order valence-electron chi connectivity index (χ4n) is 5.68. The summed E-state index contributed by atoms with van der Waals surface area (Å²) in [5.41, 5.74) is 8.66. The second kappa shape index (κ2) is 8.09. The maximum absolute atomic E-state index is 5.15. The van der Waals surface area contributed by atoms with Crippen LogP contribution in [0.5, 0.6) is 0 Å². The number of hydrogen-bond acceptors (Lipinski definition) is 3. The molecule has 2 aromatic heterocycles. The number of rotatable bonds is 4. The van der Waals surface area contributed by atoms with Crippen molar-refractivity contribution in [1.82, 2.24) is 14.6 Å². The van der Waals surface area contributed by atoms with E-state index in [1.54, 1.807) is 0 Å². The highest BCUT2D eigenvalue weighted by molar-refractivity contribution is 5.81. The van der Waals surface area contributed by atoms with Crippen molar-refractivity contribution in [2.45, 2.75) is 45.4 Å². The number of aryl methyl sites for hydroxylation is 2. The summed E-state index contributed by atoms with van der Waals surface area (Å²) < 4.78 is 2.17. The number of fused-ring (bicyclic) bond motifs is 2. The lowest BCUT2D eigenvalue weighted by Gasteiger charge is -2.34. The minimum atomic E-state index is 0.762. The molecule has 1 saturated heterocycles. The molecule has 0 spiro atoms. The zero-order chi connectivity index (χ0) is 21.5. The first kappa shape index (κ1) is 19.5. The molecular weight excluding hydrogens is 392 g/mol. The van der Waals surface area contributed by atoms with Crippen LogP contribution in [0.15, 0.2) is 60.7 Å². The van der Waals surface area contributed by atoms with Gasteiger partial charge >= 0.3 is 0 Å². The highest BCUT2D eigenvalue weighted by Crippen LogP contribution is 2.37. The van der Waals surface area contributed by atoms with Gasteiger partial charge < -0.3 is 4.90 Å². The van der Waals surface area contributed by atoms with Gasteiger partial charge in [-0.05, 0) is 62.5 Å². The van der Waals surface area contributed by atoms with Gasteiger partial charge in [-0.3, -0.25) is 0 Å². The van der Waals surface area contributed by atoms with E-state index in [0.29, 0.717) is 0 Å². The van der Waals surface area contributed by atoms with Crippen molar-refractivity contribution in [3.05, 3.63) is 83.2 Å². The predicted octanol–water partition coefficient (Wildman–Crippen LogP) is 5.65. The Labute approximate surface area is 189 Å². The van der Waals surface area contributed by atoms with Gasteiger partial charge in [-0.15, -0.1) is 0 Å². The topological polar surface area (TPSA) is 33.4 Å². The van der Waals surface area contributed by atoms with Crippen molar-refractivity contribution < 1.29 is 0 Å². The van der Waals surface area contributed by atoms with Crippen molar-refractivity contribution in [1.29, 1.82) is 0 Å². The molecule has 2 aliphatic rings. The van der Waals surface area contributed by atoms with Gasteiger partial charge in [0.2, 0.25) is 0 Å². The molecule has 0 saturated carbocycles. The number of piperidine rings is 1. The molecule has 0 amide bonds. The van der Waals surface area contributed by atoms with Crippen LogP contribution in [-0.2, 0) is 19.3 Å². The Balaban J connectivity index is 1.36. The third-order valence-corrected chi connectivity index (χ3v) is 7.28.